The van der Waals surface area contributed by atoms with Crippen LogP contribution in [-0.2, 0) is 0 Å². The molecule has 0 saturated heterocycles. The number of H-pyrrole nitrogens is 1. The molecule has 0 amide bonds. The number of fused-ring (bicyclic) bond motifs is 1. The SMILES string of the molecule is Clc1nc2ncnc(-c3ccccc3)c2[nH]1. The van der Waals surface area contributed by atoms with E-state index in [9.17, 15) is 0 Å². The fraction of sp³-hybridized carbons (Fsp3) is 0. The van der Waals surface area contributed by atoms with Crippen LogP contribution >= 0.6 is 11.6 Å². The van der Waals surface area contributed by atoms with Gasteiger partial charge in [-0.15, -0.1) is 0 Å². The molecule has 3 rings (SSSR count). The van der Waals surface area contributed by atoms with Crippen LogP contribution in [0, 0.1) is 0 Å². The summed E-state index contributed by atoms with van der Waals surface area (Å²) in [5.41, 5.74) is 3.16. The van der Waals surface area contributed by atoms with E-state index in [1.165, 1.54) is 6.33 Å². The van der Waals surface area contributed by atoms with Gasteiger partial charge in [0.25, 0.3) is 0 Å². The second-order valence-electron chi connectivity index (χ2n) is 3.31. The fourth-order valence-corrected chi connectivity index (χ4v) is 1.79. The molecule has 3 aromatic rings. The predicted octanol–water partition coefficient (Wildman–Crippen LogP) is 2.67. The van der Waals surface area contributed by atoms with Crippen molar-refractivity contribution in [1.29, 1.82) is 0 Å². The van der Waals surface area contributed by atoms with Gasteiger partial charge in [0.1, 0.15) is 11.8 Å². The molecule has 16 heavy (non-hydrogen) atoms. The lowest BCUT2D eigenvalue weighted by Gasteiger charge is -1.99. The number of nitrogens with one attached hydrogen (secondary N) is 1. The number of aromatic nitrogens is 4. The Labute approximate surface area is 96.3 Å². The molecule has 0 aliphatic carbocycles. The van der Waals surface area contributed by atoms with Crippen LogP contribution in [0.25, 0.3) is 22.4 Å². The zero-order chi connectivity index (χ0) is 11.0. The van der Waals surface area contributed by atoms with E-state index in [1.807, 2.05) is 30.3 Å². The minimum absolute atomic E-state index is 0.327. The van der Waals surface area contributed by atoms with E-state index in [4.69, 9.17) is 11.6 Å². The number of halogens is 1. The lowest BCUT2D eigenvalue weighted by Crippen LogP contribution is -1.87. The summed E-state index contributed by atoms with van der Waals surface area (Å²) in [6.45, 7) is 0. The molecule has 0 fully saturated rings. The van der Waals surface area contributed by atoms with Gasteiger partial charge in [0.15, 0.2) is 5.65 Å². The monoisotopic (exact) mass is 230 g/mol. The third-order valence-corrected chi connectivity index (χ3v) is 2.49. The molecule has 0 unspecified atom stereocenters. The lowest BCUT2D eigenvalue weighted by molar-refractivity contribution is 1.20. The molecule has 2 aromatic heterocycles. The summed E-state index contributed by atoms with van der Waals surface area (Å²) in [6, 6.07) is 9.84. The zero-order valence-electron chi connectivity index (χ0n) is 8.18. The van der Waals surface area contributed by atoms with Crippen molar-refractivity contribution in [2.24, 2.45) is 0 Å². The second kappa shape index (κ2) is 3.57. The third-order valence-electron chi connectivity index (χ3n) is 2.31. The first-order valence-electron chi connectivity index (χ1n) is 4.76. The molecule has 4 nitrogen and oxygen atoms in total. The number of benzene rings is 1. The van der Waals surface area contributed by atoms with Gasteiger partial charge in [0.05, 0.1) is 5.69 Å². The van der Waals surface area contributed by atoms with Crippen LogP contribution in [0.5, 0.6) is 0 Å². The standard InChI is InChI=1S/C11H7ClN4/c12-11-15-9-8(7-4-2-1-3-5-7)13-6-14-10(9)16-11/h1-6H,(H,13,14,15,16). The topological polar surface area (TPSA) is 54.5 Å². The van der Waals surface area contributed by atoms with Crippen LogP contribution < -0.4 is 0 Å². The van der Waals surface area contributed by atoms with Crippen LogP contribution in [0.2, 0.25) is 5.28 Å². The van der Waals surface area contributed by atoms with Crippen LogP contribution in [0.3, 0.4) is 0 Å². The van der Waals surface area contributed by atoms with Gasteiger partial charge in [0, 0.05) is 5.56 Å². The van der Waals surface area contributed by atoms with E-state index in [0.29, 0.717) is 10.9 Å². The highest BCUT2D eigenvalue weighted by molar-refractivity contribution is 6.29. The molecular weight excluding hydrogens is 224 g/mol. The van der Waals surface area contributed by atoms with Gasteiger partial charge in [-0.25, -0.2) is 9.97 Å². The highest BCUT2D eigenvalue weighted by atomic mass is 35.5. The van der Waals surface area contributed by atoms with Gasteiger partial charge in [-0.05, 0) is 11.6 Å². The van der Waals surface area contributed by atoms with Gasteiger partial charge in [-0.3, -0.25) is 0 Å². The van der Waals surface area contributed by atoms with Crippen LogP contribution in [0.4, 0.5) is 0 Å². The number of hydrogen-bond donors (Lipinski definition) is 1. The quantitative estimate of drug-likeness (QED) is 0.654. The first-order valence-corrected chi connectivity index (χ1v) is 5.14. The number of imidazole rings is 1. The van der Waals surface area contributed by atoms with Crippen molar-refractivity contribution in [3.05, 3.63) is 41.9 Å². The van der Waals surface area contributed by atoms with E-state index in [-0.39, 0.29) is 0 Å². The Morgan fingerprint density at radius 3 is 2.69 bits per heavy atom. The maximum atomic E-state index is 5.81. The summed E-state index contributed by atoms with van der Waals surface area (Å²) in [4.78, 5) is 15.3. The number of nitrogens with zero attached hydrogens (tertiary/aromatic N) is 3. The summed E-state index contributed by atoms with van der Waals surface area (Å²) in [5, 5.41) is 0.327. The summed E-state index contributed by atoms with van der Waals surface area (Å²) in [6.07, 6.45) is 1.49. The number of aromatic amines is 1. The van der Waals surface area contributed by atoms with E-state index < -0.39 is 0 Å². The molecule has 0 aliphatic rings. The smallest absolute Gasteiger partial charge is 0.202 e. The molecule has 0 bridgehead atoms. The Morgan fingerprint density at radius 1 is 1.06 bits per heavy atom. The van der Waals surface area contributed by atoms with Gasteiger partial charge >= 0.3 is 0 Å². The van der Waals surface area contributed by atoms with E-state index in [2.05, 4.69) is 19.9 Å². The largest absolute Gasteiger partial charge is 0.325 e. The van der Waals surface area contributed by atoms with Crippen molar-refractivity contribution in [2.75, 3.05) is 0 Å². The average molecular weight is 231 g/mol. The molecule has 1 N–H and O–H groups in total. The highest BCUT2D eigenvalue weighted by Crippen LogP contribution is 2.24. The molecule has 0 radical (unpaired) electrons. The van der Waals surface area contributed by atoms with Crippen molar-refractivity contribution in [1.82, 2.24) is 19.9 Å². The van der Waals surface area contributed by atoms with E-state index in [1.54, 1.807) is 0 Å². The maximum Gasteiger partial charge on any atom is 0.202 e. The summed E-state index contributed by atoms with van der Waals surface area (Å²) < 4.78 is 0. The normalized spacial score (nSPS) is 10.8. The Balaban J connectivity index is 2.31. The van der Waals surface area contributed by atoms with Crippen LogP contribution in [0.1, 0.15) is 0 Å². The van der Waals surface area contributed by atoms with Gasteiger partial charge in [-0.2, -0.15) is 4.98 Å². The predicted molar refractivity (Wildman–Crippen MR) is 62.1 cm³/mol. The molecule has 5 heteroatoms. The Kier molecular flexibility index (Phi) is 2.08. The van der Waals surface area contributed by atoms with Crippen molar-refractivity contribution in [3.63, 3.8) is 0 Å². The van der Waals surface area contributed by atoms with E-state index in [0.717, 1.165) is 16.8 Å². The molecule has 0 saturated carbocycles. The third kappa shape index (κ3) is 1.44. The second-order valence-corrected chi connectivity index (χ2v) is 3.67. The van der Waals surface area contributed by atoms with Crippen molar-refractivity contribution >= 4 is 22.8 Å². The summed E-state index contributed by atoms with van der Waals surface area (Å²) in [5.74, 6) is 0. The number of rotatable bonds is 1. The Bertz CT molecular complexity index is 633. The lowest BCUT2D eigenvalue weighted by atomic mass is 10.1. The maximum absolute atomic E-state index is 5.81. The zero-order valence-corrected chi connectivity index (χ0v) is 8.94. The number of hydrogen-bond acceptors (Lipinski definition) is 3. The Morgan fingerprint density at radius 2 is 1.88 bits per heavy atom. The van der Waals surface area contributed by atoms with Gasteiger partial charge in [0.2, 0.25) is 5.28 Å². The van der Waals surface area contributed by atoms with Gasteiger partial charge in [-0.1, -0.05) is 30.3 Å². The van der Waals surface area contributed by atoms with Gasteiger partial charge < -0.3 is 4.98 Å². The van der Waals surface area contributed by atoms with Crippen molar-refractivity contribution < 1.29 is 0 Å². The minimum atomic E-state index is 0.327. The highest BCUT2D eigenvalue weighted by Gasteiger charge is 2.09. The van der Waals surface area contributed by atoms with E-state index >= 15 is 0 Å². The molecule has 2 heterocycles. The molecule has 0 atom stereocenters. The van der Waals surface area contributed by atoms with Crippen LogP contribution in [-0.4, -0.2) is 19.9 Å². The summed E-state index contributed by atoms with van der Waals surface area (Å²) >= 11 is 5.81. The first kappa shape index (κ1) is 9.30. The molecule has 0 aliphatic heterocycles. The van der Waals surface area contributed by atoms with Crippen LogP contribution in [0.15, 0.2) is 36.7 Å². The van der Waals surface area contributed by atoms with Crippen molar-refractivity contribution in [2.45, 2.75) is 0 Å². The molecule has 0 spiro atoms. The van der Waals surface area contributed by atoms with Crippen molar-refractivity contribution in [3.8, 4) is 11.3 Å². The molecule has 1 aromatic carbocycles. The molecule has 78 valence electrons. The fourth-order valence-electron chi connectivity index (χ4n) is 1.62. The minimum Gasteiger partial charge on any atom is -0.325 e. The first-order chi connectivity index (χ1) is 7.84. The Hall–Kier alpha value is -1.94. The summed E-state index contributed by atoms with van der Waals surface area (Å²) in [7, 11) is 0. The average Bonchev–Trinajstić information content (AvgIpc) is 2.70. The molecular formula is C11H7ClN4.